The number of amides is 2. The zero-order chi connectivity index (χ0) is 17.2. The Morgan fingerprint density at radius 2 is 2.16 bits per heavy atom. The molecule has 25 heavy (non-hydrogen) atoms. The molecule has 5 nitrogen and oxygen atoms in total. The zero-order valence-corrected chi connectivity index (χ0v) is 14.2. The lowest BCUT2D eigenvalue weighted by molar-refractivity contribution is -0.131. The predicted molar refractivity (Wildman–Crippen MR) is 94.2 cm³/mol. The van der Waals surface area contributed by atoms with Gasteiger partial charge in [0.15, 0.2) is 0 Å². The maximum Gasteiger partial charge on any atom is 0.228 e. The van der Waals surface area contributed by atoms with Gasteiger partial charge in [-0.25, -0.2) is 0 Å². The third kappa shape index (κ3) is 3.45. The first-order chi connectivity index (χ1) is 12.2. The average molecular weight is 338 g/mol. The van der Waals surface area contributed by atoms with Crippen molar-refractivity contribution in [3.63, 3.8) is 0 Å². The first-order valence-electron chi connectivity index (χ1n) is 8.94. The van der Waals surface area contributed by atoms with E-state index in [0.717, 1.165) is 54.8 Å². The molecule has 4 rings (SSSR count). The number of nitrogens with one attached hydrogen (secondary N) is 1. The largest absolute Gasteiger partial charge is 0.469 e. The summed E-state index contributed by atoms with van der Waals surface area (Å²) in [4.78, 5) is 25.9. The Bertz CT molecular complexity index is 809. The van der Waals surface area contributed by atoms with Gasteiger partial charge in [-0.05, 0) is 42.5 Å². The number of benzene rings is 1. The zero-order valence-electron chi connectivity index (χ0n) is 14.2. The Morgan fingerprint density at radius 1 is 1.24 bits per heavy atom. The molecule has 2 amide bonds. The lowest BCUT2D eigenvalue weighted by Gasteiger charge is -2.20. The summed E-state index contributed by atoms with van der Waals surface area (Å²) in [6.07, 6.45) is 6.29. The van der Waals surface area contributed by atoms with Gasteiger partial charge in [-0.1, -0.05) is 12.1 Å². The second kappa shape index (κ2) is 6.75. The fourth-order valence-electron chi connectivity index (χ4n) is 3.70. The molecule has 1 N–H and O–H groups in total. The molecule has 2 aliphatic rings. The molecule has 2 aromatic rings. The summed E-state index contributed by atoms with van der Waals surface area (Å²) in [6.45, 7) is 1.47. The SMILES string of the molecule is O=C1Cc2cc(CCCC(=O)N3CCCc4occc4C3)ccc2N1. The molecule has 0 radical (unpaired) electrons. The van der Waals surface area contributed by atoms with Crippen molar-refractivity contribution in [2.75, 3.05) is 11.9 Å². The Balaban J connectivity index is 1.31. The van der Waals surface area contributed by atoms with Gasteiger partial charge < -0.3 is 14.6 Å². The quantitative estimate of drug-likeness (QED) is 0.932. The summed E-state index contributed by atoms with van der Waals surface area (Å²) < 4.78 is 5.48. The molecule has 1 aromatic carbocycles. The third-order valence-electron chi connectivity index (χ3n) is 5.03. The summed E-state index contributed by atoms with van der Waals surface area (Å²) in [5.74, 6) is 1.30. The molecule has 0 fully saturated rings. The third-order valence-corrected chi connectivity index (χ3v) is 5.03. The lowest BCUT2D eigenvalue weighted by atomic mass is 10.0. The first kappa shape index (κ1) is 15.9. The molecular formula is C20H22N2O3. The van der Waals surface area contributed by atoms with E-state index in [9.17, 15) is 9.59 Å². The normalized spacial score (nSPS) is 16.2. The monoisotopic (exact) mass is 338 g/mol. The van der Waals surface area contributed by atoms with Gasteiger partial charge in [0.1, 0.15) is 5.76 Å². The van der Waals surface area contributed by atoms with E-state index in [2.05, 4.69) is 11.4 Å². The Hall–Kier alpha value is -2.56. The summed E-state index contributed by atoms with van der Waals surface area (Å²) in [6, 6.07) is 8.06. The Kier molecular flexibility index (Phi) is 4.30. The second-order valence-corrected chi connectivity index (χ2v) is 6.86. The van der Waals surface area contributed by atoms with Crippen molar-refractivity contribution in [3.8, 4) is 0 Å². The first-order valence-corrected chi connectivity index (χ1v) is 8.94. The van der Waals surface area contributed by atoms with Gasteiger partial charge in [-0.3, -0.25) is 9.59 Å². The summed E-state index contributed by atoms with van der Waals surface area (Å²) in [5, 5.41) is 2.85. The number of carbonyl (C=O) groups is 2. The summed E-state index contributed by atoms with van der Waals surface area (Å²) in [5.41, 5.74) is 4.32. The molecule has 0 spiro atoms. The topological polar surface area (TPSA) is 62.6 Å². The van der Waals surface area contributed by atoms with Gasteiger partial charge in [-0.2, -0.15) is 0 Å². The molecular weight excluding hydrogens is 316 g/mol. The van der Waals surface area contributed by atoms with E-state index < -0.39 is 0 Å². The van der Waals surface area contributed by atoms with Crippen molar-refractivity contribution in [2.45, 2.75) is 45.1 Å². The smallest absolute Gasteiger partial charge is 0.228 e. The molecule has 5 heteroatoms. The number of hydrogen-bond acceptors (Lipinski definition) is 3. The number of anilines is 1. The number of nitrogens with zero attached hydrogens (tertiary/aromatic N) is 1. The van der Waals surface area contributed by atoms with E-state index in [4.69, 9.17) is 4.42 Å². The molecule has 0 saturated heterocycles. The van der Waals surface area contributed by atoms with E-state index in [-0.39, 0.29) is 11.8 Å². The fraction of sp³-hybridized carbons (Fsp3) is 0.400. The molecule has 3 heterocycles. The van der Waals surface area contributed by atoms with Crippen molar-refractivity contribution >= 4 is 17.5 Å². The minimum atomic E-state index is 0.0575. The van der Waals surface area contributed by atoms with Gasteiger partial charge in [0.2, 0.25) is 11.8 Å². The maximum absolute atomic E-state index is 12.5. The van der Waals surface area contributed by atoms with E-state index in [1.54, 1.807) is 6.26 Å². The summed E-state index contributed by atoms with van der Waals surface area (Å²) >= 11 is 0. The van der Waals surface area contributed by atoms with Crippen LogP contribution in [0.25, 0.3) is 0 Å². The van der Waals surface area contributed by atoms with Crippen molar-refractivity contribution in [3.05, 3.63) is 53.0 Å². The highest BCUT2D eigenvalue weighted by Gasteiger charge is 2.21. The van der Waals surface area contributed by atoms with Gasteiger partial charge in [0.05, 0.1) is 12.7 Å². The molecule has 0 unspecified atom stereocenters. The minimum Gasteiger partial charge on any atom is -0.469 e. The molecule has 0 aliphatic carbocycles. The number of fused-ring (bicyclic) bond motifs is 2. The van der Waals surface area contributed by atoms with Gasteiger partial charge >= 0.3 is 0 Å². The molecule has 0 atom stereocenters. The van der Waals surface area contributed by atoms with E-state index in [1.807, 2.05) is 23.1 Å². The predicted octanol–water partition coefficient (Wildman–Crippen LogP) is 3.07. The molecule has 0 saturated carbocycles. The Labute approximate surface area is 147 Å². The van der Waals surface area contributed by atoms with Crippen LogP contribution >= 0.6 is 0 Å². The minimum absolute atomic E-state index is 0.0575. The number of hydrogen-bond donors (Lipinski definition) is 1. The molecule has 0 bridgehead atoms. The van der Waals surface area contributed by atoms with E-state index >= 15 is 0 Å². The standard InChI is InChI=1S/C20H22N2O3/c23-19-12-16-11-14(6-7-17(16)21-19)3-1-5-20(24)22-9-2-4-18-15(13-22)8-10-25-18/h6-8,10-11H,1-5,9,12-13H2,(H,21,23). The maximum atomic E-state index is 12.5. The lowest BCUT2D eigenvalue weighted by Crippen LogP contribution is -2.30. The van der Waals surface area contributed by atoms with Crippen LogP contribution in [-0.4, -0.2) is 23.3 Å². The van der Waals surface area contributed by atoms with Gasteiger partial charge in [0, 0.05) is 37.2 Å². The number of aryl methyl sites for hydroxylation is 2. The second-order valence-electron chi connectivity index (χ2n) is 6.86. The number of furan rings is 1. The van der Waals surface area contributed by atoms with Crippen molar-refractivity contribution in [1.82, 2.24) is 4.90 Å². The van der Waals surface area contributed by atoms with Crippen molar-refractivity contribution < 1.29 is 14.0 Å². The van der Waals surface area contributed by atoms with Crippen LogP contribution in [0, 0.1) is 0 Å². The average Bonchev–Trinajstić information content (AvgIpc) is 3.13. The fourth-order valence-corrected chi connectivity index (χ4v) is 3.70. The molecule has 1 aromatic heterocycles. The molecule has 2 aliphatic heterocycles. The van der Waals surface area contributed by atoms with Crippen LogP contribution in [0.5, 0.6) is 0 Å². The highest BCUT2D eigenvalue weighted by atomic mass is 16.3. The van der Waals surface area contributed by atoms with E-state index in [1.165, 1.54) is 5.56 Å². The highest BCUT2D eigenvalue weighted by molar-refractivity contribution is 5.99. The Morgan fingerprint density at radius 3 is 3.08 bits per heavy atom. The van der Waals surface area contributed by atoms with E-state index in [0.29, 0.717) is 19.4 Å². The van der Waals surface area contributed by atoms with Crippen LogP contribution in [0.4, 0.5) is 5.69 Å². The van der Waals surface area contributed by atoms with Crippen LogP contribution in [0.2, 0.25) is 0 Å². The van der Waals surface area contributed by atoms with Crippen molar-refractivity contribution in [1.29, 1.82) is 0 Å². The molecule has 130 valence electrons. The van der Waals surface area contributed by atoms with Gasteiger partial charge in [0.25, 0.3) is 0 Å². The summed E-state index contributed by atoms with van der Waals surface area (Å²) in [7, 11) is 0. The van der Waals surface area contributed by atoms with Crippen LogP contribution in [0.1, 0.15) is 41.7 Å². The van der Waals surface area contributed by atoms with Crippen LogP contribution in [-0.2, 0) is 35.4 Å². The number of rotatable bonds is 4. The van der Waals surface area contributed by atoms with Gasteiger partial charge in [-0.15, -0.1) is 0 Å². The van der Waals surface area contributed by atoms with Crippen LogP contribution in [0.3, 0.4) is 0 Å². The number of carbonyl (C=O) groups excluding carboxylic acids is 2. The van der Waals surface area contributed by atoms with Crippen LogP contribution in [0.15, 0.2) is 34.9 Å². The highest BCUT2D eigenvalue weighted by Crippen LogP contribution is 2.25. The van der Waals surface area contributed by atoms with Crippen LogP contribution < -0.4 is 5.32 Å². The van der Waals surface area contributed by atoms with Crippen molar-refractivity contribution in [2.24, 2.45) is 0 Å².